The second-order valence-electron chi connectivity index (χ2n) is 7.13. The van der Waals surface area contributed by atoms with Crippen LogP contribution in [-0.2, 0) is 21.4 Å². The zero-order valence-corrected chi connectivity index (χ0v) is 20.5. The Bertz CT molecular complexity index is 1310. The van der Waals surface area contributed by atoms with Crippen molar-refractivity contribution in [2.45, 2.75) is 18.4 Å². The maximum absolute atomic E-state index is 12.3. The molecule has 0 aromatic heterocycles. The first-order chi connectivity index (χ1) is 16.1. The van der Waals surface area contributed by atoms with Gasteiger partial charge in [-0.1, -0.05) is 53.5 Å². The molecule has 3 rings (SSSR count). The highest BCUT2D eigenvalue weighted by atomic mass is 35.5. The Morgan fingerprint density at radius 2 is 1.59 bits per heavy atom. The first-order valence-corrected chi connectivity index (χ1v) is 12.1. The minimum absolute atomic E-state index is 0.0599. The number of carbonyl (C=O) groups is 2. The van der Waals surface area contributed by atoms with Gasteiger partial charge in [-0.25, -0.2) is 17.9 Å². The lowest BCUT2D eigenvalue weighted by Gasteiger charge is -2.14. The fraction of sp³-hybridized carbons (Fsp3) is 0.130. The fourth-order valence-corrected chi connectivity index (χ4v) is 4.83. The van der Waals surface area contributed by atoms with Crippen molar-refractivity contribution in [1.82, 2.24) is 10.0 Å². The van der Waals surface area contributed by atoms with Crippen LogP contribution in [0.5, 0.6) is 5.75 Å². The molecule has 0 saturated carbocycles. The lowest BCUT2D eigenvalue weighted by atomic mass is 10.0. The third-order valence-electron chi connectivity index (χ3n) is 4.64. The van der Waals surface area contributed by atoms with Crippen LogP contribution in [0, 0.1) is 0 Å². The zero-order valence-electron chi connectivity index (χ0n) is 18.2. The van der Waals surface area contributed by atoms with Crippen molar-refractivity contribution in [3.8, 4) is 16.9 Å². The number of ether oxygens (including phenoxy) is 1. The molecule has 3 N–H and O–H groups in total. The summed E-state index contributed by atoms with van der Waals surface area (Å²) in [6, 6.07) is 15.7. The standard InChI is InChI=1S/C23H21Cl2N3O5S/c1-14(29)28-34(31,32)17-9-7-15(8-10-17)13-26-23(30)27-16-11-19(24)22(20(25)12-16)18-5-3-4-6-21(18)33-2/h3-12H,13H2,1-2H3,(H,28,29)(H2,26,27,30). The van der Waals surface area contributed by atoms with Crippen molar-refractivity contribution in [1.29, 1.82) is 0 Å². The van der Waals surface area contributed by atoms with Crippen LogP contribution in [0.2, 0.25) is 10.0 Å². The van der Waals surface area contributed by atoms with Crippen LogP contribution in [-0.4, -0.2) is 27.5 Å². The third kappa shape index (κ3) is 6.19. The number of hydrogen-bond donors (Lipinski definition) is 3. The number of sulfonamides is 1. The maximum Gasteiger partial charge on any atom is 0.319 e. The van der Waals surface area contributed by atoms with Crippen molar-refractivity contribution >= 4 is 50.9 Å². The number of carbonyl (C=O) groups excluding carboxylic acids is 2. The number of amides is 3. The maximum atomic E-state index is 12.3. The molecular formula is C23H21Cl2N3O5S. The number of urea groups is 1. The summed E-state index contributed by atoms with van der Waals surface area (Å²) in [4.78, 5) is 23.3. The Kier molecular flexibility index (Phi) is 8.03. The van der Waals surface area contributed by atoms with Crippen molar-refractivity contribution < 1.29 is 22.7 Å². The van der Waals surface area contributed by atoms with Crippen LogP contribution >= 0.6 is 23.2 Å². The Balaban J connectivity index is 1.66. The highest BCUT2D eigenvalue weighted by Crippen LogP contribution is 2.41. The van der Waals surface area contributed by atoms with Gasteiger partial charge in [0.05, 0.1) is 22.1 Å². The molecule has 0 aliphatic rings. The molecule has 0 radical (unpaired) electrons. The Hall–Kier alpha value is -3.27. The van der Waals surface area contributed by atoms with Gasteiger partial charge >= 0.3 is 6.03 Å². The summed E-state index contributed by atoms with van der Waals surface area (Å²) in [6.45, 7) is 1.24. The molecule has 0 bridgehead atoms. The van der Waals surface area contributed by atoms with Crippen LogP contribution in [0.4, 0.5) is 10.5 Å². The first kappa shape index (κ1) is 25.4. The second-order valence-corrected chi connectivity index (χ2v) is 9.63. The Morgan fingerprint density at radius 1 is 0.971 bits per heavy atom. The fourth-order valence-electron chi connectivity index (χ4n) is 3.15. The SMILES string of the molecule is COc1ccccc1-c1c(Cl)cc(NC(=O)NCc2ccc(S(=O)(=O)NC(C)=O)cc2)cc1Cl. The average molecular weight is 522 g/mol. The monoisotopic (exact) mass is 521 g/mol. The Labute approximate surface area is 207 Å². The Morgan fingerprint density at radius 3 is 2.18 bits per heavy atom. The minimum atomic E-state index is -3.92. The van der Waals surface area contributed by atoms with Crippen LogP contribution in [0.1, 0.15) is 12.5 Å². The van der Waals surface area contributed by atoms with E-state index in [2.05, 4.69) is 10.6 Å². The van der Waals surface area contributed by atoms with Gasteiger partial charge in [-0.2, -0.15) is 0 Å². The van der Waals surface area contributed by atoms with Crippen LogP contribution in [0.25, 0.3) is 11.1 Å². The van der Waals surface area contributed by atoms with Gasteiger partial charge in [0, 0.05) is 30.3 Å². The van der Waals surface area contributed by atoms with Gasteiger partial charge in [-0.3, -0.25) is 4.79 Å². The number of rotatable bonds is 7. The summed E-state index contributed by atoms with van der Waals surface area (Å²) >= 11 is 12.9. The summed E-state index contributed by atoms with van der Waals surface area (Å²) in [7, 11) is -2.36. The quantitative estimate of drug-likeness (QED) is 0.412. The van der Waals surface area contributed by atoms with Crippen LogP contribution < -0.4 is 20.1 Å². The lowest BCUT2D eigenvalue weighted by molar-refractivity contribution is -0.117. The predicted molar refractivity (Wildman–Crippen MR) is 132 cm³/mol. The van der Waals surface area contributed by atoms with Crippen molar-refractivity contribution in [2.24, 2.45) is 0 Å². The van der Waals surface area contributed by atoms with E-state index in [-0.39, 0.29) is 11.4 Å². The van der Waals surface area contributed by atoms with Gasteiger partial charge in [-0.15, -0.1) is 0 Å². The molecule has 0 atom stereocenters. The first-order valence-electron chi connectivity index (χ1n) is 9.90. The summed E-state index contributed by atoms with van der Waals surface area (Å²) in [5.74, 6) is -0.0702. The molecular weight excluding hydrogens is 501 g/mol. The van der Waals surface area contributed by atoms with E-state index in [4.69, 9.17) is 27.9 Å². The molecule has 34 heavy (non-hydrogen) atoms. The molecule has 3 aromatic rings. The van der Waals surface area contributed by atoms with Gasteiger partial charge in [0.25, 0.3) is 10.0 Å². The molecule has 3 aromatic carbocycles. The van der Waals surface area contributed by atoms with Gasteiger partial charge in [-0.05, 0) is 35.9 Å². The van der Waals surface area contributed by atoms with Crippen molar-refractivity contribution in [2.75, 3.05) is 12.4 Å². The van der Waals surface area contributed by atoms with Crippen molar-refractivity contribution in [3.05, 3.63) is 76.3 Å². The lowest BCUT2D eigenvalue weighted by Crippen LogP contribution is -2.29. The number of halogens is 2. The highest BCUT2D eigenvalue weighted by molar-refractivity contribution is 7.90. The number of hydrogen-bond acceptors (Lipinski definition) is 5. The van der Waals surface area contributed by atoms with E-state index < -0.39 is 22.0 Å². The highest BCUT2D eigenvalue weighted by Gasteiger charge is 2.16. The summed E-state index contributed by atoms with van der Waals surface area (Å²) in [5, 5.41) is 6.00. The average Bonchev–Trinajstić information content (AvgIpc) is 2.77. The van der Waals surface area contributed by atoms with E-state index in [9.17, 15) is 18.0 Å². The van der Waals surface area contributed by atoms with Crippen LogP contribution in [0.3, 0.4) is 0 Å². The van der Waals surface area contributed by atoms with Gasteiger partial charge in [0.15, 0.2) is 0 Å². The van der Waals surface area contributed by atoms with E-state index in [1.165, 1.54) is 24.3 Å². The molecule has 0 fully saturated rings. The van der Waals surface area contributed by atoms with E-state index in [1.54, 1.807) is 25.3 Å². The topological polar surface area (TPSA) is 114 Å². The summed E-state index contributed by atoms with van der Waals surface area (Å²) < 4.78 is 31.2. The van der Waals surface area contributed by atoms with E-state index >= 15 is 0 Å². The number of benzene rings is 3. The van der Waals surface area contributed by atoms with Crippen molar-refractivity contribution in [3.63, 3.8) is 0 Å². The van der Waals surface area contributed by atoms with E-state index in [0.717, 1.165) is 12.5 Å². The molecule has 0 aliphatic heterocycles. The summed E-state index contributed by atoms with van der Waals surface area (Å²) in [6.07, 6.45) is 0. The molecule has 3 amide bonds. The number of para-hydroxylation sites is 1. The van der Waals surface area contributed by atoms with E-state index in [0.29, 0.717) is 32.6 Å². The smallest absolute Gasteiger partial charge is 0.319 e. The molecule has 11 heteroatoms. The molecule has 178 valence electrons. The minimum Gasteiger partial charge on any atom is -0.496 e. The van der Waals surface area contributed by atoms with Gasteiger partial charge < -0.3 is 15.4 Å². The zero-order chi connectivity index (χ0) is 24.9. The largest absolute Gasteiger partial charge is 0.496 e. The van der Waals surface area contributed by atoms with E-state index in [1.807, 2.05) is 22.9 Å². The number of anilines is 1. The van der Waals surface area contributed by atoms with Gasteiger partial charge in [0.1, 0.15) is 5.75 Å². The molecule has 0 unspecified atom stereocenters. The normalized spacial score (nSPS) is 10.9. The second kappa shape index (κ2) is 10.8. The molecule has 0 spiro atoms. The number of nitrogens with one attached hydrogen (secondary N) is 3. The molecule has 8 nitrogen and oxygen atoms in total. The van der Waals surface area contributed by atoms with Gasteiger partial charge in [0.2, 0.25) is 5.91 Å². The molecule has 0 aliphatic carbocycles. The van der Waals surface area contributed by atoms with Crippen LogP contribution in [0.15, 0.2) is 65.6 Å². The summed E-state index contributed by atoms with van der Waals surface area (Å²) in [5.41, 5.74) is 2.35. The predicted octanol–water partition coefficient (Wildman–Crippen LogP) is 4.82. The third-order valence-corrected chi connectivity index (χ3v) is 6.69. The molecule has 0 saturated heterocycles. The molecule has 0 heterocycles. The number of methoxy groups -OCH3 is 1.